The van der Waals surface area contributed by atoms with Crippen molar-refractivity contribution in [3.8, 4) is 17.2 Å². The Labute approximate surface area is 273 Å². The molecule has 7 nitrogen and oxygen atoms in total. The molecule has 5 aromatic rings. The van der Waals surface area contributed by atoms with Gasteiger partial charge in [-0.2, -0.15) is 5.10 Å². The second-order valence-corrected chi connectivity index (χ2v) is 12.0. The normalized spacial score (nSPS) is 11.1. The van der Waals surface area contributed by atoms with E-state index in [1.165, 1.54) is 0 Å². The Morgan fingerprint density at radius 2 is 1.64 bits per heavy atom. The average molecular weight is 645 g/mol. The molecular formula is C36H35Cl2N3O4. The molecule has 1 aromatic heterocycles. The Morgan fingerprint density at radius 3 is 2.31 bits per heavy atom. The van der Waals surface area contributed by atoms with Gasteiger partial charge in [-0.3, -0.25) is 0 Å². The fraction of sp³-hybridized carbons (Fsp3) is 0.222. The maximum atomic E-state index is 11.8. The minimum absolute atomic E-state index is 0.133. The van der Waals surface area contributed by atoms with Gasteiger partial charge in [0, 0.05) is 19.3 Å². The number of ether oxygens (including phenoxy) is 2. The van der Waals surface area contributed by atoms with Gasteiger partial charge in [0.1, 0.15) is 36.0 Å². The molecule has 0 aliphatic heterocycles. The maximum Gasteiger partial charge on any atom is 0.339 e. The lowest BCUT2D eigenvalue weighted by atomic mass is 10.0. The van der Waals surface area contributed by atoms with E-state index in [4.69, 9.17) is 32.7 Å². The minimum atomic E-state index is -1.03. The van der Waals surface area contributed by atoms with E-state index < -0.39 is 5.97 Å². The lowest BCUT2D eigenvalue weighted by Crippen LogP contribution is -2.18. The zero-order valence-corrected chi connectivity index (χ0v) is 27.1. The van der Waals surface area contributed by atoms with Gasteiger partial charge in [0.2, 0.25) is 0 Å². The second kappa shape index (κ2) is 14.1. The summed E-state index contributed by atoms with van der Waals surface area (Å²) in [6.07, 6.45) is 1.84. The number of hydrogen-bond acceptors (Lipinski definition) is 5. The maximum absolute atomic E-state index is 11.8. The van der Waals surface area contributed by atoms with Crippen molar-refractivity contribution in [3.63, 3.8) is 0 Å². The molecule has 45 heavy (non-hydrogen) atoms. The van der Waals surface area contributed by atoms with Gasteiger partial charge in [0.25, 0.3) is 0 Å². The van der Waals surface area contributed by atoms with E-state index in [-0.39, 0.29) is 24.7 Å². The number of hydrogen-bond donors (Lipinski definition) is 1. The first-order valence-electron chi connectivity index (χ1n) is 14.6. The molecule has 0 spiro atoms. The molecule has 0 radical (unpaired) electrons. The number of anilines is 1. The highest BCUT2D eigenvalue weighted by atomic mass is 35.5. The molecule has 1 N–H and O–H groups in total. The summed E-state index contributed by atoms with van der Waals surface area (Å²) in [4.78, 5) is 14.0. The molecule has 0 amide bonds. The largest absolute Gasteiger partial charge is 0.488 e. The predicted molar refractivity (Wildman–Crippen MR) is 179 cm³/mol. The molecule has 0 fully saturated rings. The average Bonchev–Trinajstić information content (AvgIpc) is 3.43. The summed E-state index contributed by atoms with van der Waals surface area (Å²) >= 11 is 13.0. The molecule has 0 aliphatic rings. The fourth-order valence-corrected chi connectivity index (χ4v) is 5.81. The number of nitrogens with zero attached hydrogens (tertiary/aromatic N) is 3. The van der Waals surface area contributed by atoms with Crippen LogP contribution < -0.4 is 14.4 Å². The number of carboxylic acid groups (broad SMARTS) is 1. The van der Waals surface area contributed by atoms with Gasteiger partial charge in [-0.25, -0.2) is 9.48 Å². The Hall–Kier alpha value is -4.46. The van der Waals surface area contributed by atoms with Gasteiger partial charge in [-0.15, -0.1) is 0 Å². The second-order valence-electron chi connectivity index (χ2n) is 11.2. The van der Waals surface area contributed by atoms with Gasteiger partial charge in [0.05, 0.1) is 21.9 Å². The number of carbonyl (C=O) groups is 1. The molecule has 1 heterocycles. The van der Waals surface area contributed by atoms with Crippen LogP contribution >= 0.6 is 23.2 Å². The third-order valence-corrected chi connectivity index (χ3v) is 8.17. The number of aromatic nitrogens is 2. The van der Waals surface area contributed by atoms with Crippen LogP contribution in [0, 0.1) is 6.92 Å². The van der Waals surface area contributed by atoms with E-state index in [1.807, 2.05) is 80.8 Å². The van der Waals surface area contributed by atoms with Crippen LogP contribution in [0.5, 0.6) is 11.5 Å². The highest BCUT2D eigenvalue weighted by Crippen LogP contribution is 2.33. The number of aryl methyl sites for hydroxylation is 1. The SMILES string of the molecule is Cc1cc(OCc2c(C(C)C)cnn2-c2c(Cl)cccc2Cl)ccc1N(C)Cc1ccc(C(=O)O)c(OCc2ccccc2)c1. The van der Waals surface area contributed by atoms with E-state index in [2.05, 4.69) is 23.8 Å². The number of aromatic carboxylic acids is 1. The van der Waals surface area contributed by atoms with Crippen molar-refractivity contribution >= 4 is 34.9 Å². The number of carboxylic acids is 1. The van der Waals surface area contributed by atoms with Crippen LogP contribution in [0.25, 0.3) is 5.69 Å². The molecule has 0 aliphatic carbocycles. The summed E-state index contributed by atoms with van der Waals surface area (Å²) < 4.78 is 14.0. The molecule has 0 unspecified atom stereocenters. The monoisotopic (exact) mass is 643 g/mol. The molecule has 4 aromatic carbocycles. The Bertz CT molecular complexity index is 1780. The zero-order chi connectivity index (χ0) is 32.1. The summed E-state index contributed by atoms with van der Waals surface area (Å²) in [5.74, 6) is 0.267. The molecule has 0 bridgehead atoms. The van der Waals surface area contributed by atoms with Crippen LogP contribution in [0.3, 0.4) is 0 Å². The summed E-state index contributed by atoms with van der Waals surface area (Å²) in [6, 6.07) is 26.3. The van der Waals surface area contributed by atoms with Crippen LogP contribution in [0.4, 0.5) is 5.69 Å². The Morgan fingerprint density at radius 1 is 0.911 bits per heavy atom. The van der Waals surface area contributed by atoms with Gasteiger partial charge in [-0.1, -0.05) is 79.5 Å². The Kier molecular flexibility index (Phi) is 10.0. The molecule has 5 rings (SSSR count). The first-order chi connectivity index (χ1) is 21.6. The van der Waals surface area contributed by atoms with Gasteiger partial charge < -0.3 is 19.5 Å². The summed E-state index contributed by atoms with van der Waals surface area (Å²) in [7, 11) is 2.00. The van der Waals surface area contributed by atoms with Crippen LogP contribution in [-0.2, 0) is 19.8 Å². The van der Waals surface area contributed by atoms with E-state index in [9.17, 15) is 9.90 Å². The third-order valence-electron chi connectivity index (χ3n) is 7.56. The molecular weight excluding hydrogens is 609 g/mol. The standard InChI is InChI=1S/C36H35Cl2N3O4/c1-23(2)29-19-39-41(35-30(37)11-8-12-31(35)38)33(29)22-44-27-14-16-32(24(3)17-27)40(4)20-26-13-15-28(36(42)43)34(18-26)45-21-25-9-6-5-7-10-25/h5-19,23H,20-22H2,1-4H3,(H,42,43). The van der Waals surface area contributed by atoms with Crippen molar-refractivity contribution in [3.05, 3.63) is 135 Å². The van der Waals surface area contributed by atoms with E-state index in [0.717, 1.165) is 39.4 Å². The van der Waals surface area contributed by atoms with Crippen molar-refractivity contribution < 1.29 is 19.4 Å². The summed E-state index contributed by atoms with van der Waals surface area (Å²) in [6.45, 7) is 7.38. The molecule has 232 valence electrons. The first kappa shape index (κ1) is 31.9. The van der Waals surface area contributed by atoms with E-state index >= 15 is 0 Å². The van der Waals surface area contributed by atoms with Gasteiger partial charge in [-0.05, 0) is 77.6 Å². The predicted octanol–water partition coefficient (Wildman–Crippen LogP) is 9.10. The van der Waals surface area contributed by atoms with Gasteiger partial charge >= 0.3 is 5.97 Å². The highest BCUT2D eigenvalue weighted by molar-refractivity contribution is 6.37. The van der Waals surface area contributed by atoms with Crippen molar-refractivity contribution in [2.75, 3.05) is 11.9 Å². The number of para-hydroxylation sites is 1. The van der Waals surface area contributed by atoms with Crippen LogP contribution in [-0.4, -0.2) is 27.9 Å². The van der Waals surface area contributed by atoms with E-state index in [1.54, 1.807) is 28.9 Å². The smallest absolute Gasteiger partial charge is 0.339 e. The topological polar surface area (TPSA) is 76.8 Å². The molecule has 0 atom stereocenters. The summed E-state index contributed by atoms with van der Waals surface area (Å²) in [5.41, 5.74) is 6.65. The molecule has 0 saturated heterocycles. The van der Waals surface area contributed by atoms with Gasteiger partial charge in [0.15, 0.2) is 0 Å². The summed E-state index contributed by atoms with van der Waals surface area (Å²) in [5, 5.41) is 15.3. The van der Waals surface area contributed by atoms with E-state index in [0.29, 0.717) is 28.0 Å². The minimum Gasteiger partial charge on any atom is -0.488 e. The van der Waals surface area contributed by atoms with Crippen molar-refractivity contribution in [1.82, 2.24) is 9.78 Å². The van der Waals surface area contributed by atoms with Crippen LogP contribution in [0.15, 0.2) is 91.1 Å². The number of benzene rings is 4. The lowest BCUT2D eigenvalue weighted by molar-refractivity contribution is 0.0691. The number of rotatable bonds is 12. The lowest BCUT2D eigenvalue weighted by Gasteiger charge is -2.23. The van der Waals surface area contributed by atoms with Crippen molar-refractivity contribution in [2.45, 2.75) is 46.4 Å². The Balaban J connectivity index is 1.31. The van der Waals surface area contributed by atoms with Crippen LogP contribution in [0.1, 0.15) is 58.1 Å². The molecule has 0 saturated carbocycles. The fourth-order valence-electron chi connectivity index (χ4n) is 5.25. The molecule has 9 heteroatoms. The zero-order valence-electron chi connectivity index (χ0n) is 25.6. The van der Waals surface area contributed by atoms with Crippen molar-refractivity contribution in [2.24, 2.45) is 0 Å². The van der Waals surface area contributed by atoms with Crippen LogP contribution in [0.2, 0.25) is 10.0 Å². The highest BCUT2D eigenvalue weighted by Gasteiger charge is 2.20. The number of halogens is 2. The third kappa shape index (κ3) is 7.44. The first-order valence-corrected chi connectivity index (χ1v) is 15.4. The van der Waals surface area contributed by atoms with Crippen molar-refractivity contribution in [1.29, 1.82) is 0 Å². The quantitative estimate of drug-likeness (QED) is 0.146.